The zero-order chi connectivity index (χ0) is 18.6. The first-order chi connectivity index (χ1) is 12.5. The van der Waals surface area contributed by atoms with E-state index in [0.29, 0.717) is 37.8 Å². The monoisotopic (exact) mass is 383 g/mol. The number of carbonyl (C=O) groups is 1. The lowest BCUT2D eigenvalue weighted by molar-refractivity contribution is -0.132. The minimum Gasteiger partial charge on any atom is -0.490 e. The van der Waals surface area contributed by atoms with Crippen LogP contribution in [0.1, 0.15) is 25.7 Å². The van der Waals surface area contributed by atoms with E-state index in [1.807, 2.05) is 0 Å². The molecule has 2 aliphatic rings. The van der Waals surface area contributed by atoms with Crippen LogP contribution < -0.4 is 19.9 Å². The number of piperidine rings is 1. The van der Waals surface area contributed by atoms with Crippen LogP contribution in [0.25, 0.3) is 0 Å². The molecule has 9 heteroatoms. The molecular formula is C17H25N3O5S. The highest BCUT2D eigenvalue weighted by Crippen LogP contribution is 2.31. The second kappa shape index (κ2) is 8.24. The third-order valence-corrected chi connectivity index (χ3v) is 6.01. The molecule has 2 heterocycles. The summed E-state index contributed by atoms with van der Waals surface area (Å²) in [4.78, 5) is 14.0. The molecule has 0 aliphatic carbocycles. The first-order valence-corrected chi connectivity index (χ1v) is 10.4. The second-order valence-corrected chi connectivity index (χ2v) is 8.29. The molecule has 2 aliphatic heterocycles. The third-order valence-electron chi connectivity index (χ3n) is 4.55. The van der Waals surface area contributed by atoms with Gasteiger partial charge in [0.1, 0.15) is 0 Å². The maximum Gasteiger partial charge on any atom is 0.240 e. The fraction of sp³-hybridized carbons (Fsp3) is 0.588. The molecule has 0 saturated carbocycles. The van der Waals surface area contributed by atoms with Gasteiger partial charge >= 0.3 is 0 Å². The van der Waals surface area contributed by atoms with Gasteiger partial charge in [-0.05, 0) is 25.0 Å². The van der Waals surface area contributed by atoms with E-state index in [4.69, 9.17) is 15.2 Å². The van der Waals surface area contributed by atoms with Crippen LogP contribution in [0.4, 0.5) is 0 Å². The first kappa shape index (κ1) is 18.9. The van der Waals surface area contributed by atoms with Gasteiger partial charge in [-0.1, -0.05) is 0 Å². The van der Waals surface area contributed by atoms with E-state index < -0.39 is 10.0 Å². The van der Waals surface area contributed by atoms with E-state index >= 15 is 0 Å². The number of fused-ring (bicyclic) bond motifs is 1. The van der Waals surface area contributed by atoms with Crippen molar-refractivity contribution in [3.05, 3.63) is 18.2 Å². The van der Waals surface area contributed by atoms with Crippen LogP contribution in [0.3, 0.4) is 0 Å². The van der Waals surface area contributed by atoms with Gasteiger partial charge in [0.05, 0.1) is 18.1 Å². The molecule has 1 fully saturated rings. The lowest BCUT2D eigenvalue weighted by atomic mass is 10.1. The number of amides is 1. The van der Waals surface area contributed by atoms with Gasteiger partial charge in [0.25, 0.3) is 0 Å². The molecule has 1 aromatic carbocycles. The summed E-state index contributed by atoms with van der Waals surface area (Å²) in [6.07, 6.45) is 2.45. The minimum atomic E-state index is -3.72. The molecule has 3 rings (SSSR count). The zero-order valence-corrected chi connectivity index (χ0v) is 15.5. The highest BCUT2D eigenvalue weighted by atomic mass is 32.2. The number of likely N-dealkylation sites (tertiary alicyclic amines) is 1. The van der Waals surface area contributed by atoms with Crippen molar-refractivity contribution in [2.24, 2.45) is 5.73 Å². The Morgan fingerprint density at radius 3 is 2.62 bits per heavy atom. The van der Waals surface area contributed by atoms with Gasteiger partial charge in [0.2, 0.25) is 15.9 Å². The van der Waals surface area contributed by atoms with E-state index in [1.54, 1.807) is 11.0 Å². The SMILES string of the molecule is NC1CCN(C(=O)CCNS(=O)(=O)c2ccc3c(c2)OCCCO3)CC1. The molecule has 26 heavy (non-hydrogen) atoms. The van der Waals surface area contributed by atoms with E-state index in [0.717, 1.165) is 19.3 Å². The van der Waals surface area contributed by atoms with Gasteiger partial charge in [-0.3, -0.25) is 4.79 Å². The summed E-state index contributed by atoms with van der Waals surface area (Å²) in [6, 6.07) is 4.68. The largest absolute Gasteiger partial charge is 0.490 e. The fourth-order valence-electron chi connectivity index (χ4n) is 2.99. The van der Waals surface area contributed by atoms with Gasteiger partial charge in [-0.15, -0.1) is 0 Å². The number of carbonyl (C=O) groups excluding carboxylic acids is 1. The highest BCUT2D eigenvalue weighted by molar-refractivity contribution is 7.89. The molecule has 0 aromatic heterocycles. The van der Waals surface area contributed by atoms with Crippen LogP contribution in [-0.4, -0.2) is 58.1 Å². The quantitative estimate of drug-likeness (QED) is 0.764. The van der Waals surface area contributed by atoms with E-state index in [9.17, 15) is 13.2 Å². The van der Waals surface area contributed by atoms with Gasteiger partial charge in [-0.25, -0.2) is 13.1 Å². The van der Waals surface area contributed by atoms with Gasteiger partial charge in [0, 0.05) is 44.6 Å². The second-order valence-electron chi connectivity index (χ2n) is 6.53. The van der Waals surface area contributed by atoms with E-state index in [2.05, 4.69) is 4.72 Å². The molecule has 0 unspecified atom stereocenters. The highest BCUT2D eigenvalue weighted by Gasteiger charge is 2.22. The molecule has 1 amide bonds. The number of nitrogens with two attached hydrogens (primary N) is 1. The number of rotatable bonds is 5. The molecule has 0 atom stereocenters. The van der Waals surface area contributed by atoms with Gasteiger partial charge in [0.15, 0.2) is 11.5 Å². The summed E-state index contributed by atoms with van der Waals surface area (Å²) < 4.78 is 38.4. The Hall–Kier alpha value is -1.84. The molecule has 0 radical (unpaired) electrons. The number of nitrogens with zero attached hydrogens (tertiary/aromatic N) is 1. The van der Waals surface area contributed by atoms with Crippen molar-refractivity contribution in [1.82, 2.24) is 9.62 Å². The standard InChI is InChI=1S/C17H25N3O5S/c18-13-5-8-20(9-6-13)17(21)4-7-19-26(22,23)14-2-3-15-16(12-14)25-11-1-10-24-15/h2-3,12-13,19H,1,4-11,18H2. The predicted octanol–water partition coefficient (Wildman–Crippen LogP) is 0.466. The van der Waals surface area contributed by atoms with E-state index in [1.165, 1.54) is 12.1 Å². The maximum absolute atomic E-state index is 12.5. The number of hydrogen-bond acceptors (Lipinski definition) is 6. The Balaban J connectivity index is 1.55. The van der Waals surface area contributed by atoms with Crippen LogP contribution in [0.2, 0.25) is 0 Å². The van der Waals surface area contributed by atoms with Crippen molar-refractivity contribution in [2.45, 2.75) is 36.6 Å². The Morgan fingerprint density at radius 2 is 1.88 bits per heavy atom. The first-order valence-electron chi connectivity index (χ1n) is 8.88. The summed E-state index contributed by atoms with van der Waals surface area (Å²) >= 11 is 0. The topological polar surface area (TPSA) is 111 Å². The Kier molecular flexibility index (Phi) is 6.00. The van der Waals surface area contributed by atoms with Crippen molar-refractivity contribution in [3.8, 4) is 11.5 Å². The molecule has 144 valence electrons. The molecule has 0 bridgehead atoms. The normalized spacial score (nSPS) is 18.4. The molecule has 3 N–H and O–H groups in total. The number of hydrogen-bond donors (Lipinski definition) is 2. The average molecular weight is 383 g/mol. The Morgan fingerprint density at radius 1 is 1.19 bits per heavy atom. The molecule has 0 spiro atoms. The lowest BCUT2D eigenvalue weighted by Gasteiger charge is -2.30. The number of nitrogens with one attached hydrogen (secondary N) is 1. The molecule has 1 saturated heterocycles. The van der Waals surface area contributed by atoms with Crippen LogP contribution in [0.5, 0.6) is 11.5 Å². The number of ether oxygens (including phenoxy) is 2. The number of benzene rings is 1. The van der Waals surface area contributed by atoms with Crippen molar-refractivity contribution < 1.29 is 22.7 Å². The van der Waals surface area contributed by atoms with Crippen LogP contribution in [0, 0.1) is 0 Å². The smallest absolute Gasteiger partial charge is 0.240 e. The van der Waals surface area contributed by atoms with Crippen molar-refractivity contribution >= 4 is 15.9 Å². The molecule has 1 aromatic rings. The van der Waals surface area contributed by atoms with Crippen molar-refractivity contribution in [2.75, 3.05) is 32.8 Å². The summed E-state index contributed by atoms with van der Waals surface area (Å²) in [5, 5.41) is 0. The minimum absolute atomic E-state index is 0.0537. The van der Waals surface area contributed by atoms with E-state index in [-0.39, 0.29) is 29.8 Å². The lowest BCUT2D eigenvalue weighted by Crippen LogP contribution is -2.43. The average Bonchev–Trinajstić information content (AvgIpc) is 2.86. The van der Waals surface area contributed by atoms with Crippen LogP contribution in [0.15, 0.2) is 23.1 Å². The summed E-state index contributed by atoms with van der Waals surface area (Å²) in [6.45, 7) is 2.35. The summed E-state index contributed by atoms with van der Waals surface area (Å²) in [5.41, 5.74) is 5.83. The summed E-state index contributed by atoms with van der Waals surface area (Å²) in [7, 11) is -3.72. The van der Waals surface area contributed by atoms with Crippen LogP contribution >= 0.6 is 0 Å². The summed E-state index contributed by atoms with van der Waals surface area (Å²) in [5.74, 6) is 0.907. The third kappa shape index (κ3) is 4.66. The fourth-order valence-corrected chi connectivity index (χ4v) is 4.04. The maximum atomic E-state index is 12.5. The zero-order valence-electron chi connectivity index (χ0n) is 14.6. The number of sulfonamides is 1. The van der Waals surface area contributed by atoms with Gasteiger partial charge in [-0.2, -0.15) is 0 Å². The van der Waals surface area contributed by atoms with Gasteiger partial charge < -0.3 is 20.1 Å². The Bertz CT molecular complexity index is 745. The molecule has 8 nitrogen and oxygen atoms in total. The van der Waals surface area contributed by atoms with Crippen LogP contribution in [-0.2, 0) is 14.8 Å². The molecular weight excluding hydrogens is 358 g/mol. The predicted molar refractivity (Wildman–Crippen MR) is 95.6 cm³/mol. The Labute approximate surface area is 153 Å². The van der Waals surface area contributed by atoms with Crippen molar-refractivity contribution in [3.63, 3.8) is 0 Å². The van der Waals surface area contributed by atoms with Crippen molar-refractivity contribution in [1.29, 1.82) is 0 Å².